The van der Waals surface area contributed by atoms with Crippen molar-refractivity contribution in [2.75, 3.05) is 0 Å². The summed E-state index contributed by atoms with van der Waals surface area (Å²) in [6.45, 7) is 2.00. The minimum atomic E-state index is 0.322. The molecule has 12 heavy (non-hydrogen) atoms. The topological polar surface area (TPSA) is 78.2 Å². The minimum Gasteiger partial charge on any atom is -0.508 e. The van der Waals surface area contributed by atoms with Gasteiger partial charge in [-0.3, -0.25) is 0 Å². The second-order valence-corrected chi connectivity index (χ2v) is 1.44. The lowest BCUT2D eigenvalue weighted by Crippen LogP contribution is -1.56. The number of para-hydroxylation sites is 1. The molecule has 1 aromatic carbocycles. The van der Waals surface area contributed by atoms with Crippen LogP contribution in [0.25, 0.3) is 0 Å². The zero-order valence-corrected chi connectivity index (χ0v) is 6.36. The van der Waals surface area contributed by atoms with Gasteiger partial charge in [0.25, 0.3) is 0 Å². The summed E-state index contributed by atoms with van der Waals surface area (Å²) in [6.07, 6.45) is 0.750. The van der Waals surface area contributed by atoms with Crippen LogP contribution in [0.4, 0.5) is 0 Å². The van der Waals surface area contributed by atoms with E-state index in [2.05, 4.69) is 0 Å². The van der Waals surface area contributed by atoms with E-state index in [1.807, 2.05) is 12.9 Å². The monoisotopic (exact) mass is 167 g/mol. The molecular weight excluding hydrogens is 158 g/mol. The van der Waals surface area contributed by atoms with Gasteiger partial charge in [-0.1, -0.05) is 18.2 Å². The zero-order valence-electron chi connectivity index (χ0n) is 6.36. The van der Waals surface area contributed by atoms with Crippen molar-refractivity contribution in [3.8, 4) is 5.75 Å². The first-order valence-corrected chi connectivity index (χ1v) is 2.88. The Labute approximate surface area is 70.0 Å². The van der Waals surface area contributed by atoms with Crippen LogP contribution in [0.15, 0.2) is 30.3 Å². The first-order valence-electron chi connectivity index (χ1n) is 2.88. The standard InChI is InChI=1S/C6H6O.CHNO.CH2O/c7-6-4-2-1-3-5-6;2-1-3;1-2/h1-5,7H;2H;1H2. The molecule has 0 spiro atoms. The number of carbonyl (C=O) groups is 1. The summed E-state index contributed by atoms with van der Waals surface area (Å²) in [7, 11) is 0. The third-order valence-electron chi connectivity index (χ3n) is 0.756. The Bertz CT molecular complexity index is 217. The highest BCUT2D eigenvalue weighted by molar-refractivity contribution is 5.26. The van der Waals surface area contributed by atoms with Crippen LogP contribution >= 0.6 is 0 Å². The van der Waals surface area contributed by atoms with Gasteiger partial charge in [-0.25, -0.2) is 10.2 Å². The molecule has 0 radical (unpaired) electrons. The van der Waals surface area contributed by atoms with E-state index in [-0.39, 0.29) is 0 Å². The summed E-state index contributed by atoms with van der Waals surface area (Å²) < 4.78 is 0. The fourth-order valence-electron chi connectivity index (χ4n) is 0.428. The number of rotatable bonds is 0. The van der Waals surface area contributed by atoms with Gasteiger partial charge in [0.1, 0.15) is 12.5 Å². The van der Waals surface area contributed by atoms with E-state index in [1.165, 1.54) is 0 Å². The number of phenolic OH excluding ortho intramolecular Hbond substituents is 1. The van der Waals surface area contributed by atoms with E-state index in [0.717, 1.165) is 6.08 Å². The van der Waals surface area contributed by atoms with Gasteiger partial charge in [0.2, 0.25) is 6.08 Å². The molecule has 0 aliphatic rings. The van der Waals surface area contributed by atoms with Crippen molar-refractivity contribution >= 4 is 12.9 Å². The van der Waals surface area contributed by atoms with E-state index < -0.39 is 0 Å². The molecule has 0 fully saturated rings. The molecule has 0 unspecified atom stereocenters. The molecule has 0 saturated carbocycles. The van der Waals surface area contributed by atoms with E-state index >= 15 is 0 Å². The molecule has 0 heterocycles. The highest BCUT2D eigenvalue weighted by Crippen LogP contribution is 2.02. The Morgan fingerprint density at radius 2 is 1.58 bits per heavy atom. The quantitative estimate of drug-likeness (QED) is 0.448. The van der Waals surface area contributed by atoms with Crippen molar-refractivity contribution in [3.63, 3.8) is 0 Å². The maximum absolute atomic E-state index is 8.63. The van der Waals surface area contributed by atoms with E-state index in [9.17, 15) is 0 Å². The SMILES string of the molecule is C=O.N=C=O.Oc1ccccc1. The summed E-state index contributed by atoms with van der Waals surface area (Å²) in [6, 6.07) is 8.71. The first-order chi connectivity index (χ1) is 5.81. The van der Waals surface area contributed by atoms with Gasteiger partial charge >= 0.3 is 0 Å². The molecule has 0 saturated heterocycles. The Morgan fingerprint density at radius 1 is 1.25 bits per heavy atom. The number of hydrogen-bond donors (Lipinski definition) is 2. The van der Waals surface area contributed by atoms with Crippen LogP contribution in [0.5, 0.6) is 5.75 Å². The van der Waals surface area contributed by atoms with Crippen LogP contribution in [-0.4, -0.2) is 18.0 Å². The van der Waals surface area contributed by atoms with Gasteiger partial charge in [0, 0.05) is 0 Å². The van der Waals surface area contributed by atoms with Gasteiger partial charge in [-0.05, 0) is 12.1 Å². The van der Waals surface area contributed by atoms with Crippen LogP contribution in [-0.2, 0) is 9.59 Å². The number of aromatic hydroxyl groups is 1. The molecular formula is C8H9NO3. The number of phenols is 1. The lowest BCUT2D eigenvalue weighted by Gasteiger charge is -1.82. The maximum Gasteiger partial charge on any atom is 0.231 e. The van der Waals surface area contributed by atoms with Crippen molar-refractivity contribution in [2.24, 2.45) is 0 Å². The van der Waals surface area contributed by atoms with Gasteiger partial charge in [0.15, 0.2) is 0 Å². The largest absolute Gasteiger partial charge is 0.508 e. The number of benzene rings is 1. The lowest BCUT2D eigenvalue weighted by molar-refractivity contribution is -0.0979. The molecule has 1 rings (SSSR count). The summed E-state index contributed by atoms with van der Waals surface area (Å²) in [4.78, 5) is 16.3. The normalized spacial score (nSPS) is 6.00. The zero-order chi connectivity index (χ0) is 9.82. The molecule has 4 nitrogen and oxygen atoms in total. The van der Waals surface area contributed by atoms with Gasteiger partial charge in [0.05, 0.1) is 0 Å². The summed E-state index contributed by atoms with van der Waals surface area (Å²) in [5.41, 5.74) is 0. The van der Waals surface area contributed by atoms with E-state index in [1.54, 1.807) is 24.3 Å². The average molecular weight is 167 g/mol. The minimum absolute atomic E-state index is 0.322. The lowest BCUT2D eigenvalue weighted by atomic mass is 10.3. The summed E-state index contributed by atoms with van der Waals surface area (Å²) >= 11 is 0. The smallest absolute Gasteiger partial charge is 0.231 e. The van der Waals surface area contributed by atoms with E-state index in [0.29, 0.717) is 5.75 Å². The second kappa shape index (κ2) is 11.8. The predicted molar refractivity (Wildman–Crippen MR) is 43.6 cm³/mol. The van der Waals surface area contributed by atoms with Crippen molar-refractivity contribution in [1.82, 2.24) is 0 Å². The number of nitrogens with one attached hydrogen (secondary N) is 1. The van der Waals surface area contributed by atoms with Crippen LogP contribution < -0.4 is 0 Å². The summed E-state index contributed by atoms with van der Waals surface area (Å²) in [5.74, 6) is 0.322. The fraction of sp³-hybridized carbons (Fsp3) is 0. The molecule has 1 aromatic rings. The van der Waals surface area contributed by atoms with Crippen LogP contribution in [0, 0.1) is 5.41 Å². The van der Waals surface area contributed by atoms with Crippen LogP contribution in [0.2, 0.25) is 0 Å². The predicted octanol–water partition coefficient (Wildman–Crippen LogP) is 1.11. The van der Waals surface area contributed by atoms with Gasteiger partial charge in [-0.15, -0.1) is 0 Å². The molecule has 64 valence electrons. The second-order valence-electron chi connectivity index (χ2n) is 1.44. The average Bonchev–Trinajstić information content (AvgIpc) is 2.11. The highest BCUT2D eigenvalue weighted by atomic mass is 16.3. The molecule has 0 aliphatic heterocycles. The highest BCUT2D eigenvalue weighted by Gasteiger charge is 1.74. The molecule has 2 N–H and O–H groups in total. The Morgan fingerprint density at radius 3 is 1.75 bits per heavy atom. The molecule has 4 heteroatoms. The van der Waals surface area contributed by atoms with Crippen molar-refractivity contribution < 1.29 is 14.7 Å². The molecule has 0 aromatic heterocycles. The third-order valence-corrected chi connectivity index (χ3v) is 0.756. The first kappa shape index (κ1) is 12.7. The van der Waals surface area contributed by atoms with Gasteiger partial charge < -0.3 is 9.90 Å². The number of isocyanates is 1. The molecule has 0 bridgehead atoms. The number of carbonyl (C=O) groups excluding carboxylic acids is 2. The Kier molecular flexibility index (Phi) is 12.5. The molecule has 0 aliphatic carbocycles. The van der Waals surface area contributed by atoms with Crippen molar-refractivity contribution in [3.05, 3.63) is 30.3 Å². The van der Waals surface area contributed by atoms with Crippen LogP contribution in [0.3, 0.4) is 0 Å². The number of hydrogen-bond acceptors (Lipinski definition) is 4. The van der Waals surface area contributed by atoms with Crippen LogP contribution in [0.1, 0.15) is 0 Å². The Balaban J connectivity index is 0. The molecule has 0 atom stereocenters. The van der Waals surface area contributed by atoms with Crippen molar-refractivity contribution in [2.45, 2.75) is 0 Å². The maximum atomic E-state index is 8.63. The third kappa shape index (κ3) is 10.9. The fourth-order valence-corrected chi connectivity index (χ4v) is 0.428. The molecule has 0 amide bonds. The summed E-state index contributed by atoms with van der Waals surface area (Å²) in [5, 5.41) is 14.0. The van der Waals surface area contributed by atoms with Gasteiger partial charge in [-0.2, -0.15) is 0 Å². The van der Waals surface area contributed by atoms with E-state index in [4.69, 9.17) is 20.1 Å². The van der Waals surface area contributed by atoms with Crippen molar-refractivity contribution in [1.29, 1.82) is 5.41 Å². The Hall–Kier alpha value is -1.93.